The van der Waals surface area contributed by atoms with Gasteiger partial charge in [-0.3, -0.25) is 9.59 Å². The highest BCUT2D eigenvalue weighted by atomic mass is 16.3. The van der Waals surface area contributed by atoms with Gasteiger partial charge in [0, 0.05) is 5.56 Å². The zero-order valence-electron chi connectivity index (χ0n) is 12.2. The molecule has 0 aromatic heterocycles. The number of benzene rings is 1. The zero-order chi connectivity index (χ0) is 15.2. The quantitative estimate of drug-likeness (QED) is 0.780. The molecule has 1 aromatic rings. The number of carbonyl (C=O) groups is 2. The Balaban J connectivity index is 1.86. The highest BCUT2D eigenvalue weighted by molar-refractivity contribution is 5.97. The summed E-state index contributed by atoms with van der Waals surface area (Å²) in [5, 5.41) is 15.3. The average molecular weight is 290 g/mol. The second-order valence-corrected chi connectivity index (χ2v) is 5.53. The Morgan fingerprint density at radius 1 is 1.19 bits per heavy atom. The Morgan fingerprint density at radius 3 is 2.52 bits per heavy atom. The van der Waals surface area contributed by atoms with Crippen molar-refractivity contribution in [2.45, 2.75) is 50.8 Å². The normalized spacial score (nSPS) is 23.1. The zero-order valence-corrected chi connectivity index (χ0v) is 12.2. The summed E-state index contributed by atoms with van der Waals surface area (Å²) in [6, 6.07) is 7.94. The maximum Gasteiger partial charge on any atom is 0.251 e. The molecular formula is C16H22N2O3. The van der Waals surface area contributed by atoms with Crippen LogP contribution in [0.1, 0.15) is 43.0 Å². The van der Waals surface area contributed by atoms with Gasteiger partial charge in [0.15, 0.2) is 0 Å². The molecule has 0 bridgehead atoms. The molecule has 21 heavy (non-hydrogen) atoms. The van der Waals surface area contributed by atoms with Gasteiger partial charge in [0.25, 0.3) is 5.91 Å². The van der Waals surface area contributed by atoms with Crippen LogP contribution in [0.5, 0.6) is 0 Å². The van der Waals surface area contributed by atoms with Crippen LogP contribution < -0.4 is 10.6 Å². The van der Waals surface area contributed by atoms with E-state index in [2.05, 4.69) is 10.6 Å². The van der Waals surface area contributed by atoms with Crippen molar-refractivity contribution in [3.05, 3.63) is 35.9 Å². The van der Waals surface area contributed by atoms with Gasteiger partial charge in [-0.15, -0.1) is 0 Å². The van der Waals surface area contributed by atoms with E-state index in [4.69, 9.17) is 0 Å². The lowest BCUT2D eigenvalue weighted by Crippen LogP contribution is -2.52. The summed E-state index contributed by atoms with van der Waals surface area (Å²) in [5.74, 6) is -0.535. The van der Waals surface area contributed by atoms with Crippen LogP contribution in [0, 0.1) is 0 Å². The molecule has 2 rings (SSSR count). The van der Waals surface area contributed by atoms with Gasteiger partial charge in [-0.25, -0.2) is 0 Å². The number of rotatable bonds is 4. The SMILES string of the molecule is CC(NC(=O)c1ccccc1)C(=O)N[C@H]1CCCC[C@@H]1O. The lowest BCUT2D eigenvalue weighted by Gasteiger charge is -2.29. The van der Waals surface area contributed by atoms with E-state index in [1.165, 1.54) is 0 Å². The largest absolute Gasteiger partial charge is 0.391 e. The molecule has 2 amide bonds. The standard InChI is InChI=1S/C16H22N2O3/c1-11(17-16(21)12-7-3-2-4-8-12)15(20)18-13-9-5-6-10-14(13)19/h2-4,7-8,11,13-14,19H,5-6,9-10H2,1H3,(H,17,21)(H,18,20)/t11?,13-,14-/m0/s1. The molecular weight excluding hydrogens is 268 g/mol. The van der Waals surface area contributed by atoms with Gasteiger partial charge < -0.3 is 15.7 Å². The maximum absolute atomic E-state index is 12.1. The van der Waals surface area contributed by atoms with Gasteiger partial charge in [-0.1, -0.05) is 31.0 Å². The highest BCUT2D eigenvalue weighted by Gasteiger charge is 2.26. The summed E-state index contributed by atoms with van der Waals surface area (Å²) in [5.41, 5.74) is 0.523. The molecule has 0 heterocycles. The van der Waals surface area contributed by atoms with E-state index in [-0.39, 0.29) is 17.9 Å². The van der Waals surface area contributed by atoms with Crippen molar-refractivity contribution < 1.29 is 14.7 Å². The number of nitrogens with one attached hydrogen (secondary N) is 2. The molecule has 0 radical (unpaired) electrons. The predicted octanol–water partition coefficient (Wildman–Crippen LogP) is 1.22. The number of hydrogen-bond donors (Lipinski definition) is 3. The first-order chi connectivity index (χ1) is 10.1. The van der Waals surface area contributed by atoms with Crippen LogP contribution in [0.15, 0.2) is 30.3 Å². The van der Waals surface area contributed by atoms with Crippen molar-refractivity contribution in [1.29, 1.82) is 0 Å². The summed E-state index contributed by atoms with van der Waals surface area (Å²) in [4.78, 5) is 24.1. The minimum Gasteiger partial charge on any atom is -0.391 e. The molecule has 1 saturated carbocycles. The highest BCUT2D eigenvalue weighted by Crippen LogP contribution is 2.18. The van der Waals surface area contributed by atoms with Crippen LogP contribution in [0.25, 0.3) is 0 Å². The van der Waals surface area contributed by atoms with E-state index in [1.54, 1.807) is 31.2 Å². The number of hydrogen-bond acceptors (Lipinski definition) is 3. The van der Waals surface area contributed by atoms with Crippen molar-refractivity contribution in [2.75, 3.05) is 0 Å². The molecule has 0 aliphatic heterocycles. The second-order valence-electron chi connectivity index (χ2n) is 5.53. The third-order valence-electron chi connectivity index (χ3n) is 3.83. The Hall–Kier alpha value is -1.88. The smallest absolute Gasteiger partial charge is 0.251 e. The summed E-state index contributed by atoms with van der Waals surface area (Å²) in [6.45, 7) is 1.64. The van der Waals surface area contributed by atoms with Crippen molar-refractivity contribution in [1.82, 2.24) is 10.6 Å². The molecule has 114 valence electrons. The van der Waals surface area contributed by atoms with Crippen LogP contribution in [0.2, 0.25) is 0 Å². The van der Waals surface area contributed by atoms with Crippen molar-refractivity contribution >= 4 is 11.8 Å². The fourth-order valence-corrected chi connectivity index (χ4v) is 2.52. The first-order valence-electron chi connectivity index (χ1n) is 7.42. The van der Waals surface area contributed by atoms with E-state index in [1.807, 2.05) is 6.07 Å². The first kappa shape index (κ1) is 15.5. The van der Waals surface area contributed by atoms with E-state index in [0.717, 1.165) is 25.7 Å². The lowest BCUT2D eigenvalue weighted by molar-refractivity contribution is -0.124. The van der Waals surface area contributed by atoms with E-state index >= 15 is 0 Å². The minimum atomic E-state index is -0.633. The van der Waals surface area contributed by atoms with E-state index < -0.39 is 12.1 Å². The molecule has 1 fully saturated rings. The van der Waals surface area contributed by atoms with Crippen LogP contribution in [0.3, 0.4) is 0 Å². The van der Waals surface area contributed by atoms with Crippen LogP contribution in [-0.4, -0.2) is 35.1 Å². The Morgan fingerprint density at radius 2 is 1.86 bits per heavy atom. The number of carbonyl (C=O) groups excluding carboxylic acids is 2. The van der Waals surface area contributed by atoms with Gasteiger partial charge in [0.1, 0.15) is 6.04 Å². The van der Waals surface area contributed by atoms with Gasteiger partial charge >= 0.3 is 0 Å². The van der Waals surface area contributed by atoms with Crippen LogP contribution in [0.4, 0.5) is 0 Å². The molecule has 3 atom stereocenters. The fraction of sp³-hybridized carbons (Fsp3) is 0.500. The van der Waals surface area contributed by atoms with Gasteiger partial charge in [0.2, 0.25) is 5.91 Å². The molecule has 1 unspecified atom stereocenters. The Labute approximate surface area is 124 Å². The van der Waals surface area contributed by atoms with Crippen molar-refractivity contribution in [2.24, 2.45) is 0 Å². The van der Waals surface area contributed by atoms with E-state index in [9.17, 15) is 14.7 Å². The third-order valence-corrected chi connectivity index (χ3v) is 3.83. The summed E-state index contributed by atoms with van der Waals surface area (Å²) >= 11 is 0. The van der Waals surface area contributed by atoms with Crippen molar-refractivity contribution in [3.8, 4) is 0 Å². The number of aliphatic hydroxyl groups excluding tert-OH is 1. The van der Waals surface area contributed by atoms with Crippen LogP contribution >= 0.6 is 0 Å². The maximum atomic E-state index is 12.1. The fourth-order valence-electron chi connectivity index (χ4n) is 2.52. The van der Waals surface area contributed by atoms with Crippen LogP contribution in [-0.2, 0) is 4.79 Å². The topological polar surface area (TPSA) is 78.4 Å². The Kier molecular flexibility index (Phi) is 5.33. The molecule has 1 aromatic carbocycles. The monoisotopic (exact) mass is 290 g/mol. The lowest BCUT2D eigenvalue weighted by atomic mass is 9.92. The summed E-state index contributed by atoms with van der Waals surface area (Å²) in [7, 11) is 0. The van der Waals surface area contributed by atoms with Gasteiger partial charge in [-0.2, -0.15) is 0 Å². The summed E-state index contributed by atoms with van der Waals surface area (Å²) in [6.07, 6.45) is 3.02. The van der Waals surface area contributed by atoms with Gasteiger partial charge in [0.05, 0.1) is 12.1 Å². The molecule has 1 aliphatic rings. The van der Waals surface area contributed by atoms with Crippen molar-refractivity contribution in [3.63, 3.8) is 0 Å². The number of aliphatic hydroxyl groups is 1. The van der Waals surface area contributed by atoms with E-state index in [0.29, 0.717) is 5.56 Å². The molecule has 0 spiro atoms. The number of amides is 2. The third kappa shape index (κ3) is 4.29. The Bertz CT molecular complexity index is 490. The molecule has 5 nitrogen and oxygen atoms in total. The first-order valence-corrected chi connectivity index (χ1v) is 7.42. The molecule has 1 aliphatic carbocycles. The second kappa shape index (κ2) is 7.22. The molecule has 5 heteroatoms. The molecule has 3 N–H and O–H groups in total. The average Bonchev–Trinajstić information content (AvgIpc) is 2.50. The molecule has 0 saturated heterocycles. The minimum absolute atomic E-state index is 0.206. The predicted molar refractivity (Wildman–Crippen MR) is 79.8 cm³/mol. The summed E-state index contributed by atoms with van der Waals surface area (Å²) < 4.78 is 0. The van der Waals surface area contributed by atoms with Gasteiger partial charge in [-0.05, 0) is 31.9 Å².